The lowest BCUT2D eigenvalue weighted by Crippen LogP contribution is -2.22. The molecule has 1 aliphatic rings. The standard InChI is InChI=1S/C12H17BrN2/c1-9-7-15(8-10(9)2)12-11(6-13)4-3-5-14-12/h3-5,9-10H,6-8H2,1-2H3. The van der Waals surface area contributed by atoms with Crippen LogP contribution in [0.25, 0.3) is 0 Å². The van der Waals surface area contributed by atoms with Gasteiger partial charge in [0.1, 0.15) is 5.82 Å². The molecule has 1 saturated heterocycles. The molecule has 0 aliphatic carbocycles. The van der Waals surface area contributed by atoms with Gasteiger partial charge in [0.15, 0.2) is 0 Å². The fourth-order valence-corrected chi connectivity index (χ4v) is 2.56. The van der Waals surface area contributed by atoms with Gasteiger partial charge in [-0.2, -0.15) is 0 Å². The molecular formula is C12H17BrN2. The van der Waals surface area contributed by atoms with Crippen LogP contribution < -0.4 is 4.90 Å². The number of alkyl halides is 1. The van der Waals surface area contributed by atoms with Crippen LogP contribution in [0.3, 0.4) is 0 Å². The van der Waals surface area contributed by atoms with Crippen LogP contribution in [-0.2, 0) is 5.33 Å². The van der Waals surface area contributed by atoms with E-state index < -0.39 is 0 Å². The quantitative estimate of drug-likeness (QED) is 0.767. The monoisotopic (exact) mass is 268 g/mol. The third kappa shape index (κ3) is 2.17. The SMILES string of the molecule is CC1CN(c2ncccc2CBr)CC1C. The van der Waals surface area contributed by atoms with Crippen molar-refractivity contribution in [3.8, 4) is 0 Å². The van der Waals surface area contributed by atoms with Gasteiger partial charge < -0.3 is 4.90 Å². The summed E-state index contributed by atoms with van der Waals surface area (Å²) in [5, 5.41) is 0.884. The van der Waals surface area contributed by atoms with Crippen molar-refractivity contribution < 1.29 is 0 Å². The maximum Gasteiger partial charge on any atom is 0.132 e. The molecule has 3 heteroatoms. The largest absolute Gasteiger partial charge is 0.356 e. The first-order valence-electron chi connectivity index (χ1n) is 5.47. The summed E-state index contributed by atoms with van der Waals surface area (Å²) in [4.78, 5) is 6.90. The van der Waals surface area contributed by atoms with E-state index in [0.29, 0.717) is 0 Å². The summed E-state index contributed by atoms with van der Waals surface area (Å²) in [6, 6.07) is 4.15. The van der Waals surface area contributed by atoms with Gasteiger partial charge in [0.25, 0.3) is 0 Å². The third-order valence-electron chi connectivity index (χ3n) is 3.30. The van der Waals surface area contributed by atoms with E-state index >= 15 is 0 Å². The fraction of sp³-hybridized carbons (Fsp3) is 0.583. The summed E-state index contributed by atoms with van der Waals surface area (Å²) in [7, 11) is 0. The second-order valence-electron chi connectivity index (χ2n) is 4.48. The fourth-order valence-electron chi connectivity index (χ4n) is 2.12. The molecule has 2 heterocycles. The van der Waals surface area contributed by atoms with Gasteiger partial charge in [-0.3, -0.25) is 0 Å². The van der Waals surface area contributed by atoms with Crippen LogP contribution in [-0.4, -0.2) is 18.1 Å². The van der Waals surface area contributed by atoms with Gasteiger partial charge in [-0.25, -0.2) is 4.98 Å². The highest BCUT2D eigenvalue weighted by molar-refractivity contribution is 9.08. The molecule has 0 amide bonds. The lowest BCUT2D eigenvalue weighted by atomic mass is 10.0. The molecule has 82 valence electrons. The van der Waals surface area contributed by atoms with Gasteiger partial charge in [-0.1, -0.05) is 35.8 Å². The molecule has 1 fully saturated rings. The van der Waals surface area contributed by atoms with Crippen molar-refractivity contribution in [2.75, 3.05) is 18.0 Å². The Morgan fingerprint density at radius 1 is 1.40 bits per heavy atom. The highest BCUT2D eigenvalue weighted by Gasteiger charge is 2.27. The first kappa shape index (κ1) is 10.9. The number of pyridine rings is 1. The molecule has 0 saturated carbocycles. The molecule has 0 bridgehead atoms. The van der Waals surface area contributed by atoms with Crippen LogP contribution in [0.2, 0.25) is 0 Å². The molecule has 0 radical (unpaired) electrons. The highest BCUT2D eigenvalue weighted by Crippen LogP contribution is 2.29. The van der Waals surface area contributed by atoms with Crippen molar-refractivity contribution in [2.24, 2.45) is 11.8 Å². The van der Waals surface area contributed by atoms with Gasteiger partial charge in [0, 0.05) is 30.2 Å². The van der Waals surface area contributed by atoms with Gasteiger partial charge in [0.05, 0.1) is 0 Å². The van der Waals surface area contributed by atoms with E-state index in [1.807, 2.05) is 12.3 Å². The summed E-state index contributed by atoms with van der Waals surface area (Å²) >= 11 is 3.52. The van der Waals surface area contributed by atoms with E-state index in [-0.39, 0.29) is 0 Å². The first-order valence-corrected chi connectivity index (χ1v) is 6.59. The summed E-state index contributed by atoms with van der Waals surface area (Å²) in [6.07, 6.45) is 1.88. The number of nitrogens with zero attached hydrogens (tertiary/aromatic N) is 2. The van der Waals surface area contributed by atoms with Crippen LogP contribution in [0, 0.1) is 11.8 Å². The van der Waals surface area contributed by atoms with Gasteiger partial charge in [-0.05, 0) is 17.9 Å². The minimum atomic E-state index is 0.773. The van der Waals surface area contributed by atoms with Crippen molar-refractivity contribution in [2.45, 2.75) is 19.2 Å². The van der Waals surface area contributed by atoms with Gasteiger partial charge >= 0.3 is 0 Å². The topological polar surface area (TPSA) is 16.1 Å². The molecular weight excluding hydrogens is 252 g/mol. The molecule has 2 atom stereocenters. The molecule has 1 aliphatic heterocycles. The van der Waals surface area contributed by atoms with E-state index in [1.165, 1.54) is 5.56 Å². The van der Waals surface area contributed by atoms with E-state index in [9.17, 15) is 0 Å². The van der Waals surface area contributed by atoms with Crippen LogP contribution >= 0.6 is 15.9 Å². The molecule has 15 heavy (non-hydrogen) atoms. The molecule has 1 aromatic rings. The molecule has 0 N–H and O–H groups in total. The normalized spacial score (nSPS) is 25.9. The van der Waals surface area contributed by atoms with Crippen LogP contribution in [0.4, 0.5) is 5.82 Å². The summed E-state index contributed by atoms with van der Waals surface area (Å²) in [5.41, 5.74) is 1.29. The Morgan fingerprint density at radius 3 is 2.67 bits per heavy atom. The second kappa shape index (κ2) is 4.52. The van der Waals surface area contributed by atoms with E-state index in [1.54, 1.807) is 0 Å². The van der Waals surface area contributed by atoms with E-state index in [2.05, 4.69) is 45.7 Å². The van der Waals surface area contributed by atoms with Crippen LogP contribution in [0.1, 0.15) is 19.4 Å². The Bertz CT molecular complexity index is 330. The van der Waals surface area contributed by atoms with E-state index in [4.69, 9.17) is 0 Å². The number of rotatable bonds is 2. The molecule has 0 spiro atoms. The Labute approximate surface area is 99.8 Å². The molecule has 1 aromatic heterocycles. The first-order chi connectivity index (χ1) is 7.22. The minimum Gasteiger partial charge on any atom is -0.356 e. The average Bonchev–Trinajstić information content (AvgIpc) is 2.59. The number of anilines is 1. The number of hydrogen-bond acceptors (Lipinski definition) is 2. The molecule has 2 unspecified atom stereocenters. The molecule has 2 rings (SSSR count). The summed E-state index contributed by atoms with van der Waals surface area (Å²) in [6.45, 7) is 6.92. The molecule has 2 nitrogen and oxygen atoms in total. The Kier molecular flexibility index (Phi) is 3.29. The van der Waals surface area contributed by atoms with Crippen LogP contribution in [0.5, 0.6) is 0 Å². The Balaban J connectivity index is 2.23. The lowest BCUT2D eigenvalue weighted by molar-refractivity contribution is 0.494. The zero-order valence-electron chi connectivity index (χ0n) is 9.28. The number of hydrogen-bond donors (Lipinski definition) is 0. The van der Waals surface area contributed by atoms with Crippen molar-refractivity contribution in [3.05, 3.63) is 23.9 Å². The van der Waals surface area contributed by atoms with Crippen molar-refractivity contribution in [1.82, 2.24) is 4.98 Å². The van der Waals surface area contributed by atoms with Gasteiger partial charge in [0.2, 0.25) is 0 Å². The van der Waals surface area contributed by atoms with Crippen molar-refractivity contribution in [1.29, 1.82) is 0 Å². The maximum absolute atomic E-state index is 4.50. The third-order valence-corrected chi connectivity index (χ3v) is 3.90. The minimum absolute atomic E-state index is 0.773. The molecule has 0 aromatic carbocycles. The van der Waals surface area contributed by atoms with E-state index in [0.717, 1.165) is 36.1 Å². The average molecular weight is 269 g/mol. The maximum atomic E-state index is 4.50. The number of aromatic nitrogens is 1. The predicted molar refractivity (Wildman–Crippen MR) is 67.4 cm³/mol. The number of halogens is 1. The zero-order valence-corrected chi connectivity index (χ0v) is 10.9. The summed E-state index contributed by atoms with van der Waals surface area (Å²) in [5.74, 6) is 2.70. The zero-order chi connectivity index (χ0) is 10.8. The Morgan fingerprint density at radius 2 is 2.07 bits per heavy atom. The summed E-state index contributed by atoms with van der Waals surface area (Å²) < 4.78 is 0. The lowest BCUT2D eigenvalue weighted by Gasteiger charge is -2.19. The highest BCUT2D eigenvalue weighted by atomic mass is 79.9. The van der Waals surface area contributed by atoms with Crippen molar-refractivity contribution >= 4 is 21.7 Å². The van der Waals surface area contributed by atoms with Gasteiger partial charge in [-0.15, -0.1) is 0 Å². The predicted octanol–water partition coefficient (Wildman–Crippen LogP) is 3.07. The smallest absolute Gasteiger partial charge is 0.132 e. The van der Waals surface area contributed by atoms with Crippen LogP contribution in [0.15, 0.2) is 18.3 Å². The van der Waals surface area contributed by atoms with Crippen molar-refractivity contribution in [3.63, 3.8) is 0 Å². The Hall–Kier alpha value is -0.570. The second-order valence-corrected chi connectivity index (χ2v) is 5.04.